The lowest BCUT2D eigenvalue weighted by Gasteiger charge is -2.20. The molecule has 1 rings (SSSR count). The van der Waals surface area contributed by atoms with Crippen molar-refractivity contribution in [2.45, 2.75) is 51.7 Å². The smallest absolute Gasteiger partial charge is 0.307 e. The van der Waals surface area contributed by atoms with Gasteiger partial charge in [-0.2, -0.15) is 0 Å². The number of carbonyl (C=O) groups is 1. The molecule has 18 heavy (non-hydrogen) atoms. The van der Waals surface area contributed by atoms with Crippen molar-refractivity contribution >= 4 is 5.97 Å². The third kappa shape index (κ3) is 6.40. The van der Waals surface area contributed by atoms with Crippen LogP contribution in [-0.2, 0) is 16.0 Å². The SMILES string of the molecule is CC(C)(C)OC(=O)C[C@H](N)CCc1ccccc1. The molecule has 0 unspecified atom stereocenters. The molecule has 0 aliphatic carbocycles. The maximum absolute atomic E-state index is 11.6. The number of ether oxygens (including phenoxy) is 1. The minimum absolute atomic E-state index is 0.139. The van der Waals surface area contributed by atoms with E-state index in [1.807, 2.05) is 39.0 Å². The van der Waals surface area contributed by atoms with Crippen LogP contribution in [-0.4, -0.2) is 17.6 Å². The molecule has 1 atom stereocenters. The van der Waals surface area contributed by atoms with E-state index in [1.54, 1.807) is 0 Å². The standard InChI is InChI=1S/C15H23NO2/c1-15(2,3)18-14(17)11-13(16)10-9-12-7-5-4-6-8-12/h4-8,13H,9-11,16H2,1-3H3/t13-/m1/s1. The molecule has 0 radical (unpaired) electrons. The number of hydrogen-bond acceptors (Lipinski definition) is 3. The highest BCUT2D eigenvalue weighted by atomic mass is 16.6. The molecule has 0 aromatic heterocycles. The van der Waals surface area contributed by atoms with E-state index in [9.17, 15) is 4.79 Å². The van der Waals surface area contributed by atoms with Crippen molar-refractivity contribution in [3.63, 3.8) is 0 Å². The van der Waals surface area contributed by atoms with Crippen LogP contribution in [0.4, 0.5) is 0 Å². The van der Waals surface area contributed by atoms with Gasteiger partial charge >= 0.3 is 5.97 Å². The Morgan fingerprint density at radius 2 is 1.89 bits per heavy atom. The maximum Gasteiger partial charge on any atom is 0.307 e. The number of carbonyl (C=O) groups excluding carboxylic acids is 1. The summed E-state index contributed by atoms with van der Waals surface area (Å²) < 4.78 is 5.24. The Kier molecular flexibility index (Phi) is 5.35. The van der Waals surface area contributed by atoms with Crippen LogP contribution in [0.3, 0.4) is 0 Å². The van der Waals surface area contributed by atoms with Gasteiger partial charge in [0.2, 0.25) is 0 Å². The van der Waals surface area contributed by atoms with Crippen LogP contribution >= 0.6 is 0 Å². The molecule has 3 heteroatoms. The Bertz CT molecular complexity index is 368. The Morgan fingerprint density at radius 1 is 1.28 bits per heavy atom. The van der Waals surface area contributed by atoms with Crippen LogP contribution in [0.2, 0.25) is 0 Å². The summed E-state index contributed by atoms with van der Waals surface area (Å²) in [6.07, 6.45) is 1.97. The Hall–Kier alpha value is -1.35. The van der Waals surface area contributed by atoms with Crippen molar-refractivity contribution in [3.8, 4) is 0 Å². The van der Waals surface area contributed by atoms with E-state index >= 15 is 0 Å². The highest BCUT2D eigenvalue weighted by molar-refractivity contribution is 5.70. The summed E-state index contributed by atoms with van der Waals surface area (Å²) in [6, 6.07) is 10.0. The lowest BCUT2D eigenvalue weighted by Crippen LogP contribution is -2.30. The zero-order chi connectivity index (χ0) is 13.6. The predicted octanol–water partition coefficient (Wildman–Crippen LogP) is 2.68. The van der Waals surface area contributed by atoms with E-state index in [1.165, 1.54) is 5.56 Å². The summed E-state index contributed by atoms with van der Waals surface area (Å²) in [6.45, 7) is 5.58. The third-order valence-electron chi connectivity index (χ3n) is 2.50. The monoisotopic (exact) mass is 249 g/mol. The first kappa shape index (κ1) is 14.7. The van der Waals surface area contributed by atoms with E-state index in [4.69, 9.17) is 10.5 Å². The van der Waals surface area contributed by atoms with Gasteiger partial charge in [-0.1, -0.05) is 30.3 Å². The van der Waals surface area contributed by atoms with Crippen molar-refractivity contribution in [1.29, 1.82) is 0 Å². The van der Waals surface area contributed by atoms with Crippen LogP contribution < -0.4 is 5.73 Å². The average molecular weight is 249 g/mol. The number of aryl methyl sites for hydroxylation is 1. The molecule has 2 N–H and O–H groups in total. The van der Waals surface area contributed by atoms with Crippen molar-refractivity contribution in [3.05, 3.63) is 35.9 Å². The summed E-state index contributed by atoms with van der Waals surface area (Å²) in [5.74, 6) is -0.219. The van der Waals surface area contributed by atoms with E-state index in [0.29, 0.717) is 0 Å². The van der Waals surface area contributed by atoms with Crippen molar-refractivity contribution in [2.24, 2.45) is 5.73 Å². The molecule has 3 nitrogen and oxygen atoms in total. The second kappa shape index (κ2) is 6.55. The molecule has 0 saturated carbocycles. The first-order valence-corrected chi connectivity index (χ1v) is 6.38. The Morgan fingerprint density at radius 3 is 2.44 bits per heavy atom. The van der Waals surface area contributed by atoms with Crippen molar-refractivity contribution in [1.82, 2.24) is 0 Å². The second-order valence-electron chi connectivity index (χ2n) is 5.57. The normalized spacial score (nSPS) is 13.1. The molecule has 100 valence electrons. The lowest BCUT2D eigenvalue weighted by atomic mass is 10.0. The van der Waals surface area contributed by atoms with Gasteiger partial charge in [-0.3, -0.25) is 4.79 Å². The fourth-order valence-electron chi connectivity index (χ4n) is 1.70. The first-order valence-electron chi connectivity index (χ1n) is 6.38. The van der Waals surface area contributed by atoms with Gasteiger partial charge in [0.25, 0.3) is 0 Å². The predicted molar refractivity (Wildman–Crippen MR) is 73.2 cm³/mol. The summed E-state index contributed by atoms with van der Waals surface area (Å²) in [4.78, 5) is 11.6. The van der Waals surface area contributed by atoms with Gasteiger partial charge in [-0.15, -0.1) is 0 Å². The van der Waals surface area contributed by atoms with Crippen LogP contribution in [0.15, 0.2) is 30.3 Å². The van der Waals surface area contributed by atoms with Gasteiger partial charge in [0, 0.05) is 6.04 Å². The van der Waals surface area contributed by atoms with Crippen LogP contribution in [0.5, 0.6) is 0 Å². The Labute approximate surface area is 109 Å². The average Bonchev–Trinajstić information content (AvgIpc) is 2.25. The van der Waals surface area contributed by atoms with Gasteiger partial charge in [-0.25, -0.2) is 0 Å². The molecule has 0 saturated heterocycles. The highest BCUT2D eigenvalue weighted by Crippen LogP contribution is 2.11. The van der Waals surface area contributed by atoms with Gasteiger partial charge < -0.3 is 10.5 Å². The van der Waals surface area contributed by atoms with E-state index in [2.05, 4.69) is 12.1 Å². The minimum Gasteiger partial charge on any atom is -0.460 e. The molecule has 0 heterocycles. The summed E-state index contributed by atoms with van der Waals surface area (Å²) in [5, 5.41) is 0. The zero-order valence-electron chi connectivity index (χ0n) is 11.5. The Balaban J connectivity index is 2.29. The molecular weight excluding hydrogens is 226 g/mol. The fourth-order valence-corrected chi connectivity index (χ4v) is 1.70. The molecular formula is C15H23NO2. The molecule has 0 fully saturated rings. The first-order chi connectivity index (χ1) is 8.37. The number of rotatable bonds is 5. The number of hydrogen-bond donors (Lipinski definition) is 1. The van der Waals surface area contributed by atoms with Gasteiger partial charge in [0.1, 0.15) is 5.60 Å². The molecule has 0 bridgehead atoms. The topological polar surface area (TPSA) is 52.3 Å². The molecule has 1 aromatic rings. The maximum atomic E-state index is 11.6. The van der Waals surface area contributed by atoms with Crippen LogP contribution in [0.1, 0.15) is 39.2 Å². The number of nitrogens with two attached hydrogens (primary N) is 1. The van der Waals surface area contributed by atoms with Crippen molar-refractivity contribution < 1.29 is 9.53 Å². The molecule has 0 aliphatic rings. The van der Waals surface area contributed by atoms with E-state index in [0.717, 1.165) is 12.8 Å². The number of benzene rings is 1. The number of esters is 1. The van der Waals surface area contributed by atoms with Gasteiger partial charge in [0.15, 0.2) is 0 Å². The summed E-state index contributed by atoms with van der Waals surface area (Å²) in [5.41, 5.74) is 6.75. The van der Waals surface area contributed by atoms with E-state index < -0.39 is 5.60 Å². The van der Waals surface area contributed by atoms with E-state index in [-0.39, 0.29) is 18.4 Å². The lowest BCUT2D eigenvalue weighted by molar-refractivity contribution is -0.155. The van der Waals surface area contributed by atoms with Crippen LogP contribution in [0.25, 0.3) is 0 Å². The highest BCUT2D eigenvalue weighted by Gasteiger charge is 2.18. The summed E-state index contributed by atoms with van der Waals surface area (Å²) in [7, 11) is 0. The summed E-state index contributed by atoms with van der Waals surface area (Å²) >= 11 is 0. The molecule has 0 aliphatic heterocycles. The third-order valence-corrected chi connectivity index (χ3v) is 2.50. The molecule has 1 aromatic carbocycles. The molecule has 0 spiro atoms. The van der Waals surface area contributed by atoms with Crippen LogP contribution in [0, 0.1) is 0 Å². The van der Waals surface area contributed by atoms with Gasteiger partial charge in [0.05, 0.1) is 6.42 Å². The van der Waals surface area contributed by atoms with Gasteiger partial charge in [-0.05, 0) is 39.2 Å². The minimum atomic E-state index is -0.434. The second-order valence-corrected chi connectivity index (χ2v) is 5.57. The quantitative estimate of drug-likeness (QED) is 0.816. The fraction of sp³-hybridized carbons (Fsp3) is 0.533. The largest absolute Gasteiger partial charge is 0.460 e. The zero-order valence-corrected chi connectivity index (χ0v) is 11.5. The van der Waals surface area contributed by atoms with Crippen molar-refractivity contribution in [2.75, 3.05) is 0 Å². The molecule has 0 amide bonds.